The Balaban J connectivity index is 2.04. The van der Waals surface area contributed by atoms with Crippen molar-refractivity contribution < 1.29 is 0 Å². The third-order valence-corrected chi connectivity index (χ3v) is 3.14. The van der Waals surface area contributed by atoms with Crippen LogP contribution >= 0.6 is 0 Å². The number of rotatable bonds is 6. The van der Waals surface area contributed by atoms with Crippen LogP contribution in [0.4, 0.5) is 0 Å². The van der Waals surface area contributed by atoms with Crippen LogP contribution in [0.5, 0.6) is 0 Å². The predicted molar refractivity (Wildman–Crippen MR) is 79.5 cm³/mol. The zero-order chi connectivity index (χ0) is 14.5. The molecular formula is C15H22N4O. The van der Waals surface area contributed by atoms with Gasteiger partial charge in [0.25, 0.3) is 0 Å². The van der Waals surface area contributed by atoms with Crippen molar-refractivity contribution in [3.63, 3.8) is 0 Å². The molecule has 0 fully saturated rings. The lowest BCUT2D eigenvalue weighted by atomic mass is 10.2. The molecule has 5 heteroatoms. The standard InChI is InChI=1S/C15H22N4O/c1-4-7-19-14(8-12(2)17-19)11-18(3)10-13-5-6-16-15(20)9-13/h5-6,8-9H,4,7,10-11H2,1-3H3,(H,16,20). The smallest absolute Gasteiger partial charge is 0.248 e. The Labute approximate surface area is 119 Å². The number of hydrogen-bond acceptors (Lipinski definition) is 3. The maximum absolute atomic E-state index is 11.3. The number of nitrogens with one attached hydrogen (secondary N) is 1. The van der Waals surface area contributed by atoms with E-state index < -0.39 is 0 Å². The van der Waals surface area contributed by atoms with Gasteiger partial charge in [-0.15, -0.1) is 0 Å². The zero-order valence-electron chi connectivity index (χ0n) is 12.4. The Bertz CT molecular complexity index is 614. The predicted octanol–water partition coefficient (Wildman–Crippen LogP) is 1.92. The SMILES string of the molecule is CCCn1nc(C)cc1CN(C)Cc1cc[nH]c(=O)c1. The summed E-state index contributed by atoms with van der Waals surface area (Å²) < 4.78 is 2.07. The summed E-state index contributed by atoms with van der Waals surface area (Å²) in [7, 11) is 2.06. The quantitative estimate of drug-likeness (QED) is 0.875. The molecule has 0 radical (unpaired) electrons. The maximum Gasteiger partial charge on any atom is 0.248 e. The van der Waals surface area contributed by atoms with E-state index in [0.29, 0.717) is 0 Å². The molecule has 2 aromatic heterocycles. The van der Waals surface area contributed by atoms with Crippen molar-refractivity contribution >= 4 is 0 Å². The second-order valence-electron chi connectivity index (χ2n) is 5.23. The molecule has 0 aliphatic rings. The summed E-state index contributed by atoms with van der Waals surface area (Å²) >= 11 is 0. The highest BCUT2D eigenvalue weighted by molar-refractivity contribution is 5.11. The van der Waals surface area contributed by atoms with Crippen molar-refractivity contribution in [2.24, 2.45) is 0 Å². The van der Waals surface area contributed by atoms with Gasteiger partial charge in [0.05, 0.1) is 11.4 Å². The molecule has 0 unspecified atom stereocenters. The summed E-state index contributed by atoms with van der Waals surface area (Å²) in [6.45, 7) is 6.70. The summed E-state index contributed by atoms with van der Waals surface area (Å²) in [5.41, 5.74) is 3.24. The van der Waals surface area contributed by atoms with E-state index in [1.54, 1.807) is 12.3 Å². The van der Waals surface area contributed by atoms with Crippen molar-refractivity contribution in [3.8, 4) is 0 Å². The summed E-state index contributed by atoms with van der Waals surface area (Å²) in [5, 5.41) is 4.51. The second-order valence-corrected chi connectivity index (χ2v) is 5.23. The van der Waals surface area contributed by atoms with Gasteiger partial charge in [0.15, 0.2) is 0 Å². The van der Waals surface area contributed by atoms with Crippen molar-refractivity contribution in [1.29, 1.82) is 0 Å². The van der Waals surface area contributed by atoms with Gasteiger partial charge >= 0.3 is 0 Å². The van der Waals surface area contributed by atoms with Crippen LogP contribution in [-0.4, -0.2) is 26.7 Å². The molecule has 2 heterocycles. The zero-order valence-corrected chi connectivity index (χ0v) is 12.4. The summed E-state index contributed by atoms with van der Waals surface area (Å²) in [4.78, 5) is 16.1. The topological polar surface area (TPSA) is 53.9 Å². The van der Waals surface area contributed by atoms with Gasteiger partial charge in [-0.3, -0.25) is 14.4 Å². The molecule has 0 saturated heterocycles. The average Bonchev–Trinajstić information content (AvgIpc) is 2.69. The van der Waals surface area contributed by atoms with E-state index in [4.69, 9.17) is 0 Å². The average molecular weight is 274 g/mol. The lowest BCUT2D eigenvalue weighted by Gasteiger charge is -2.17. The molecule has 1 N–H and O–H groups in total. The fourth-order valence-electron chi connectivity index (χ4n) is 2.36. The number of H-pyrrole nitrogens is 1. The highest BCUT2D eigenvalue weighted by atomic mass is 16.1. The Morgan fingerprint density at radius 1 is 1.35 bits per heavy atom. The molecule has 0 aliphatic carbocycles. The molecular weight excluding hydrogens is 252 g/mol. The van der Waals surface area contributed by atoms with Crippen LogP contribution in [-0.2, 0) is 19.6 Å². The van der Waals surface area contributed by atoms with E-state index in [-0.39, 0.29) is 5.56 Å². The van der Waals surface area contributed by atoms with Crippen LogP contribution in [0, 0.1) is 6.92 Å². The second kappa shape index (κ2) is 6.52. The van der Waals surface area contributed by atoms with Gasteiger partial charge < -0.3 is 4.98 Å². The molecule has 2 rings (SSSR count). The third kappa shape index (κ3) is 3.81. The number of aryl methyl sites for hydroxylation is 2. The third-order valence-electron chi connectivity index (χ3n) is 3.14. The summed E-state index contributed by atoms with van der Waals surface area (Å²) in [6.07, 6.45) is 2.77. The van der Waals surface area contributed by atoms with Crippen molar-refractivity contribution in [2.45, 2.75) is 39.9 Å². The Kier molecular flexibility index (Phi) is 4.74. The Hall–Kier alpha value is -1.88. The summed E-state index contributed by atoms with van der Waals surface area (Å²) in [6, 6.07) is 5.71. The van der Waals surface area contributed by atoms with Gasteiger partial charge in [0.1, 0.15) is 0 Å². The minimum absolute atomic E-state index is 0.0530. The fraction of sp³-hybridized carbons (Fsp3) is 0.467. The number of pyridine rings is 1. The molecule has 0 spiro atoms. The molecule has 108 valence electrons. The van der Waals surface area contributed by atoms with Crippen LogP contribution < -0.4 is 5.56 Å². The number of hydrogen-bond donors (Lipinski definition) is 1. The van der Waals surface area contributed by atoms with E-state index >= 15 is 0 Å². The number of aromatic nitrogens is 3. The Morgan fingerprint density at radius 2 is 2.15 bits per heavy atom. The molecule has 5 nitrogen and oxygen atoms in total. The maximum atomic E-state index is 11.3. The molecule has 0 aliphatic heterocycles. The van der Waals surface area contributed by atoms with Crippen molar-refractivity contribution in [2.75, 3.05) is 7.05 Å². The van der Waals surface area contributed by atoms with Crippen LogP contribution in [0.15, 0.2) is 29.2 Å². The van der Waals surface area contributed by atoms with Crippen LogP contribution in [0.1, 0.15) is 30.3 Å². The highest BCUT2D eigenvalue weighted by Crippen LogP contribution is 2.09. The Morgan fingerprint density at radius 3 is 2.85 bits per heavy atom. The van der Waals surface area contributed by atoms with Gasteiger partial charge in [-0.1, -0.05) is 6.92 Å². The molecule has 0 amide bonds. The minimum Gasteiger partial charge on any atom is -0.329 e. The number of nitrogens with zero attached hydrogens (tertiary/aromatic N) is 3. The molecule has 20 heavy (non-hydrogen) atoms. The van der Waals surface area contributed by atoms with E-state index in [9.17, 15) is 4.79 Å². The van der Waals surface area contributed by atoms with Gasteiger partial charge in [-0.2, -0.15) is 5.10 Å². The first-order chi connectivity index (χ1) is 9.58. The van der Waals surface area contributed by atoms with Gasteiger partial charge in [-0.05, 0) is 38.1 Å². The van der Waals surface area contributed by atoms with Crippen LogP contribution in [0.3, 0.4) is 0 Å². The monoisotopic (exact) mass is 274 g/mol. The van der Waals surface area contributed by atoms with E-state index in [1.807, 2.05) is 13.0 Å². The first-order valence-electron chi connectivity index (χ1n) is 6.98. The normalized spacial score (nSPS) is 11.2. The molecule has 0 saturated carbocycles. The fourth-order valence-corrected chi connectivity index (χ4v) is 2.36. The van der Waals surface area contributed by atoms with Crippen LogP contribution in [0.2, 0.25) is 0 Å². The molecule has 0 bridgehead atoms. The van der Waals surface area contributed by atoms with Gasteiger partial charge in [0, 0.05) is 31.9 Å². The minimum atomic E-state index is -0.0530. The number of aromatic amines is 1. The molecule has 2 aromatic rings. The summed E-state index contributed by atoms with van der Waals surface area (Å²) in [5.74, 6) is 0. The lowest BCUT2D eigenvalue weighted by molar-refractivity contribution is 0.306. The van der Waals surface area contributed by atoms with Crippen LogP contribution in [0.25, 0.3) is 0 Å². The molecule has 0 aromatic carbocycles. The lowest BCUT2D eigenvalue weighted by Crippen LogP contribution is -2.20. The van der Waals surface area contributed by atoms with E-state index in [2.05, 4.69) is 39.7 Å². The largest absolute Gasteiger partial charge is 0.329 e. The van der Waals surface area contributed by atoms with E-state index in [1.165, 1.54) is 5.69 Å². The van der Waals surface area contributed by atoms with E-state index in [0.717, 1.165) is 37.3 Å². The van der Waals surface area contributed by atoms with Gasteiger partial charge in [-0.25, -0.2) is 0 Å². The van der Waals surface area contributed by atoms with Crippen molar-refractivity contribution in [1.82, 2.24) is 19.7 Å². The van der Waals surface area contributed by atoms with Crippen molar-refractivity contribution in [3.05, 3.63) is 51.7 Å². The van der Waals surface area contributed by atoms with Gasteiger partial charge in [0.2, 0.25) is 5.56 Å². The first-order valence-corrected chi connectivity index (χ1v) is 6.98. The molecule has 0 atom stereocenters. The highest BCUT2D eigenvalue weighted by Gasteiger charge is 2.08. The first kappa shape index (κ1) is 14.5.